The Bertz CT molecular complexity index is 762. The molecule has 3 heterocycles. The van der Waals surface area contributed by atoms with Crippen LogP contribution in [0.1, 0.15) is 78.1 Å². The molecule has 0 aromatic heterocycles. The van der Waals surface area contributed by atoms with E-state index in [1.165, 1.54) is 0 Å². The molecule has 7 heteroatoms. The third-order valence-corrected chi connectivity index (χ3v) is 7.93. The molecule has 0 unspecified atom stereocenters. The first-order valence-corrected chi connectivity index (χ1v) is 13.1. The van der Waals surface area contributed by atoms with Gasteiger partial charge in [0.05, 0.1) is 47.8 Å². The highest BCUT2D eigenvalue weighted by Gasteiger charge is 2.53. The molecule has 3 rings (SSSR count). The number of aliphatic hydroxyl groups is 3. The van der Waals surface area contributed by atoms with Crippen molar-refractivity contribution in [2.75, 3.05) is 0 Å². The highest BCUT2D eigenvalue weighted by atomic mass is 16.6. The first kappa shape index (κ1) is 28.2. The number of ether oxygens (including phenoxy) is 3. The van der Waals surface area contributed by atoms with Crippen LogP contribution in [0.5, 0.6) is 0 Å². The van der Waals surface area contributed by atoms with Gasteiger partial charge < -0.3 is 29.5 Å². The number of hydrogen-bond donors (Lipinski definition) is 3. The highest BCUT2D eigenvalue weighted by molar-refractivity contribution is 5.72. The Hall–Kier alpha value is -1.35. The first-order chi connectivity index (χ1) is 16.6. The monoisotopic (exact) mass is 492 g/mol. The van der Waals surface area contributed by atoms with Crippen molar-refractivity contribution in [2.45, 2.75) is 132 Å². The van der Waals surface area contributed by atoms with E-state index < -0.39 is 29.5 Å². The van der Waals surface area contributed by atoms with Crippen LogP contribution in [0.2, 0.25) is 0 Å². The summed E-state index contributed by atoms with van der Waals surface area (Å²) in [5.41, 5.74) is -1.25. The van der Waals surface area contributed by atoms with Crippen molar-refractivity contribution in [2.24, 2.45) is 0 Å². The maximum Gasteiger partial charge on any atom is 0.145 e. The predicted molar refractivity (Wildman–Crippen MR) is 134 cm³/mol. The molecule has 0 amide bonds. The summed E-state index contributed by atoms with van der Waals surface area (Å²) < 4.78 is 19.2. The van der Waals surface area contributed by atoms with Crippen LogP contribution in [-0.2, 0) is 19.0 Å². The molecule has 0 aromatic rings. The van der Waals surface area contributed by atoms with Crippen molar-refractivity contribution in [3.8, 4) is 0 Å². The summed E-state index contributed by atoms with van der Waals surface area (Å²) in [5, 5.41) is 32.2. The molecule has 0 aromatic carbocycles. The van der Waals surface area contributed by atoms with E-state index in [0.29, 0.717) is 50.5 Å². The summed E-state index contributed by atoms with van der Waals surface area (Å²) in [6, 6.07) is 0. The number of carbonyl (C=O) groups is 1. The van der Waals surface area contributed by atoms with E-state index in [-0.39, 0.29) is 24.4 Å². The molecule has 0 radical (unpaired) electrons. The fraction of sp³-hybridized carbons (Fsp3) is 0.750. The molecule has 9 atom stereocenters. The van der Waals surface area contributed by atoms with Crippen LogP contribution >= 0.6 is 0 Å². The highest BCUT2D eigenvalue weighted by Crippen LogP contribution is 2.44. The minimum Gasteiger partial charge on any atom is -0.390 e. The molecule has 35 heavy (non-hydrogen) atoms. The Kier molecular flexibility index (Phi) is 9.89. The number of aldehydes is 1. The minimum atomic E-state index is -1.19. The predicted octanol–water partition coefficient (Wildman–Crippen LogP) is 3.55. The number of allylic oxidation sites excluding steroid dienone is 3. The molecular formula is C28H44O7. The Morgan fingerprint density at radius 2 is 2.06 bits per heavy atom. The topological polar surface area (TPSA) is 105 Å². The lowest BCUT2D eigenvalue weighted by atomic mass is 9.81. The van der Waals surface area contributed by atoms with Gasteiger partial charge in [-0.05, 0) is 64.4 Å². The van der Waals surface area contributed by atoms with Gasteiger partial charge in [0.15, 0.2) is 0 Å². The van der Waals surface area contributed by atoms with Crippen LogP contribution in [-0.4, -0.2) is 75.5 Å². The zero-order chi connectivity index (χ0) is 25.6. The molecule has 7 nitrogen and oxygen atoms in total. The van der Waals surface area contributed by atoms with Gasteiger partial charge >= 0.3 is 0 Å². The lowest BCUT2D eigenvalue weighted by Gasteiger charge is -2.51. The van der Waals surface area contributed by atoms with Crippen LogP contribution in [0.3, 0.4) is 0 Å². The second kappa shape index (κ2) is 12.3. The Morgan fingerprint density at radius 1 is 1.29 bits per heavy atom. The largest absolute Gasteiger partial charge is 0.390 e. The second-order valence-electron chi connectivity index (χ2n) is 11.0. The smallest absolute Gasteiger partial charge is 0.145 e. The average Bonchev–Trinajstić information content (AvgIpc) is 2.97. The average molecular weight is 493 g/mol. The Labute approximate surface area is 209 Å². The van der Waals surface area contributed by atoms with Gasteiger partial charge in [-0.3, -0.25) is 4.79 Å². The van der Waals surface area contributed by atoms with Crippen LogP contribution in [0, 0.1) is 0 Å². The summed E-state index contributed by atoms with van der Waals surface area (Å²) in [6.45, 7) is 11.1. The standard InChI is InChI=1S/C28H44O7/c1-5-6-7-8-11-24(31)27(3,32)14-12-20-10-9-13-28(4)25(34-20)17-23-26(35-28)22(30)16-21(33-23)15-19(2)18-29/h5-7,18,20-26,30-32H,1-2,8-17H2,3-4H3/b7-6-/t20-,21+,22-,23+,24+,25-,26-,27-,28+/m0/s1. The SMILES string of the molecule is C=C/C=C\CC[C@@H](O)[C@@](C)(O)CC[C@@H]1CCC[C@@]2(C)O[C@H]3[C@@H](O)C[C@@H](CC(=C)C=O)O[C@@H]3C[C@@H]2O1. The van der Waals surface area contributed by atoms with Crippen LogP contribution in [0.15, 0.2) is 37.0 Å². The normalized spacial score (nSPS) is 38.0. The van der Waals surface area contributed by atoms with Gasteiger partial charge in [0.2, 0.25) is 0 Å². The lowest BCUT2D eigenvalue weighted by molar-refractivity contribution is -0.290. The van der Waals surface area contributed by atoms with E-state index in [2.05, 4.69) is 20.1 Å². The summed E-state index contributed by atoms with van der Waals surface area (Å²) in [7, 11) is 0. The molecule has 0 bridgehead atoms. The summed E-state index contributed by atoms with van der Waals surface area (Å²) in [6.07, 6.45) is 9.73. The van der Waals surface area contributed by atoms with Crippen LogP contribution in [0.25, 0.3) is 0 Å². The van der Waals surface area contributed by atoms with Crippen molar-refractivity contribution in [3.05, 3.63) is 37.0 Å². The fourth-order valence-electron chi connectivity index (χ4n) is 5.68. The first-order valence-electron chi connectivity index (χ1n) is 13.1. The van der Waals surface area contributed by atoms with Crippen molar-refractivity contribution < 1.29 is 34.3 Å². The van der Waals surface area contributed by atoms with Gasteiger partial charge in [0.25, 0.3) is 0 Å². The fourth-order valence-corrected chi connectivity index (χ4v) is 5.68. The maximum atomic E-state index is 11.0. The Balaban J connectivity index is 1.59. The summed E-state index contributed by atoms with van der Waals surface area (Å²) in [4.78, 5) is 11.0. The number of rotatable bonds is 11. The lowest BCUT2D eigenvalue weighted by Crippen LogP contribution is -2.62. The summed E-state index contributed by atoms with van der Waals surface area (Å²) in [5.74, 6) is 0. The summed E-state index contributed by atoms with van der Waals surface area (Å²) >= 11 is 0. The maximum absolute atomic E-state index is 11.0. The number of hydrogen-bond acceptors (Lipinski definition) is 7. The molecule has 0 spiro atoms. The van der Waals surface area contributed by atoms with Crippen molar-refractivity contribution in [1.82, 2.24) is 0 Å². The number of aliphatic hydroxyl groups excluding tert-OH is 2. The molecule has 0 saturated carbocycles. The minimum absolute atomic E-state index is 0.0551. The molecule has 3 N–H and O–H groups in total. The molecule has 3 aliphatic heterocycles. The molecule has 0 aliphatic carbocycles. The third kappa shape index (κ3) is 7.34. The number of fused-ring (bicyclic) bond motifs is 2. The van der Waals surface area contributed by atoms with Crippen molar-refractivity contribution >= 4 is 6.29 Å². The quantitative estimate of drug-likeness (QED) is 0.230. The van der Waals surface area contributed by atoms with E-state index in [4.69, 9.17) is 14.2 Å². The third-order valence-electron chi connectivity index (χ3n) is 7.93. The van der Waals surface area contributed by atoms with E-state index in [0.717, 1.165) is 25.5 Å². The zero-order valence-electron chi connectivity index (χ0n) is 21.3. The van der Waals surface area contributed by atoms with E-state index in [9.17, 15) is 20.1 Å². The van der Waals surface area contributed by atoms with Gasteiger partial charge in [0, 0.05) is 19.3 Å². The van der Waals surface area contributed by atoms with E-state index in [1.54, 1.807) is 13.0 Å². The molecular weight excluding hydrogens is 448 g/mol. The Morgan fingerprint density at radius 3 is 2.77 bits per heavy atom. The van der Waals surface area contributed by atoms with Gasteiger partial charge in [-0.2, -0.15) is 0 Å². The van der Waals surface area contributed by atoms with Crippen molar-refractivity contribution in [1.29, 1.82) is 0 Å². The van der Waals surface area contributed by atoms with E-state index in [1.807, 2.05) is 12.2 Å². The van der Waals surface area contributed by atoms with E-state index >= 15 is 0 Å². The second-order valence-corrected chi connectivity index (χ2v) is 11.0. The number of carbonyl (C=O) groups excluding carboxylic acids is 1. The molecule has 3 aliphatic rings. The van der Waals surface area contributed by atoms with Crippen molar-refractivity contribution in [3.63, 3.8) is 0 Å². The molecule has 3 saturated heterocycles. The van der Waals surface area contributed by atoms with Crippen LogP contribution in [0.4, 0.5) is 0 Å². The zero-order valence-corrected chi connectivity index (χ0v) is 21.3. The van der Waals surface area contributed by atoms with Gasteiger partial charge in [-0.15, -0.1) is 0 Å². The van der Waals surface area contributed by atoms with Crippen LogP contribution < -0.4 is 0 Å². The van der Waals surface area contributed by atoms with Gasteiger partial charge in [-0.25, -0.2) is 0 Å². The van der Waals surface area contributed by atoms with Gasteiger partial charge in [0.1, 0.15) is 12.4 Å². The molecule has 198 valence electrons. The molecule has 3 fully saturated rings. The van der Waals surface area contributed by atoms with Gasteiger partial charge in [-0.1, -0.05) is 31.4 Å².